The van der Waals surface area contributed by atoms with E-state index in [2.05, 4.69) is 12.1 Å². The molecule has 4 rings (SSSR count). The average Bonchev–Trinajstić information content (AvgIpc) is 3.44. The number of rotatable bonds is 7. The van der Waals surface area contributed by atoms with Crippen LogP contribution >= 0.6 is 0 Å². The standard InChI is InChI=1S/C24H26N2O5S/c1-3-17-4-6-18(7-5-17)15-26(20-12-13-32(28,29)16-20)24(27)22-14-23(31-25-22)19-8-10-21(30-2)11-9-19/h4-11,14,20H,3,12-13,15-16H2,1-2H3/t20-/m1/s1. The van der Waals surface area contributed by atoms with Gasteiger partial charge < -0.3 is 14.2 Å². The first kappa shape index (κ1) is 22.1. The number of methoxy groups -OCH3 is 1. The number of nitrogens with zero attached hydrogens (tertiary/aromatic N) is 2. The van der Waals surface area contributed by atoms with Crippen LogP contribution in [0.2, 0.25) is 0 Å². The van der Waals surface area contributed by atoms with E-state index in [1.54, 1.807) is 30.2 Å². The molecule has 8 heteroatoms. The Hall–Kier alpha value is -3.13. The van der Waals surface area contributed by atoms with Crippen LogP contribution in [0.5, 0.6) is 5.75 Å². The first-order chi connectivity index (χ1) is 15.4. The fraction of sp³-hybridized carbons (Fsp3) is 0.333. The van der Waals surface area contributed by atoms with Crippen molar-refractivity contribution in [1.29, 1.82) is 0 Å². The molecular weight excluding hydrogens is 428 g/mol. The van der Waals surface area contributed by atoms with Crippen molar-refractivity contribution < 1.29 is 22.5 Å². The van der Waals surface area contributed by atoms with E-state index in [4.69, 9.17) is 9.26 Å². The van der Waals surface area contributed by atoms with E-state index >= 15 is 0 Å². The molecule has 0 N–H and O–H groups in total. The van der Waals surface area contributed by atoms with Crippen molar-refractivity contribution in [3.63, 3.8) is 0 Å². The van der Waals surface area contributed by atoms with Crippen LogP contribution in [0, 0.1) is 0 Å². The molecule has 0 spiro atoms. The SMILES string of the molecule is CCc1ccc(CN(C(=O)c2cc(-c3ccc(OC)cc3)on2)[C@@H]2CCS(=O)(=O)C2)cc1. The lowest BCUT2D eigenvalue weighted by molar-refractivity contribution is 0.0670. The van der Waals surface area contributed by atoms with Crippen LogP contribution in [0.3, 0.4) is 0 Å². The highest BCUT2D eigenvalue weighted by atomic mass is 32.2. The molecule has 2 aromatic carbocycles. The van der Waals surface area contributed by atoms with Crippen molar-refractivity contribution in [3.8, 4) is 17.1 Å². The van der Waals surface area contributed by atoms with Crippen LogP contribution in [0.4, 0.5) is 0 Å². The van der Waals surface area contributed by atoms with Gasteiger partial charge in [-0.25, -0.2) is 8.42 Å². The van der Waals surface area contributed by atoms with Gasteiger partial charge >= 0.3 is 0 Å². The summed E-state index contributed by atoms with van der Waals surface area (Å²) in [6.45, 7) is 2.40. The monoisotopic (exact) mass is 454 g/mol. The fourth-order valence-electron chi connectivity index (χ4n) is 3.88. The van der Waals surface area contributed by atoms with Gasteiger partial charge in [0.2, 0.25) is 0 Å². The first-order valence-corrected chi connectivity index (χ1v) is 12.4. The summed E-state index contributed by atoms with van der Waals surface area (Å²) in [7, 11) is -1.56. The largest absolute Gasteiger partial charge is 0.497 e. The van der Waals surface area contributed by atoms with Crippen molar-refractivity contribution >= 4 is 15.7 Å². The van der Waals surface area contributed by atoms with E-state index in [1.807, 2.05) is 36.4 Å². The van der Waals surface area contributed by atoms with Crippen LogP contribution < -0.4 is 4.74 Å². The van der Waals surface area contributed by atoms with E-state index in [1.165, 1.54) is 5.56 Å². The molecule has 1 saturated heterocycles. The summed E-state index contributed by atoms with van der Waals surface area (Å²) in [5, 5.41) is 3.99. The molecule has 1 amide bonds. The third-order valence-electron chi connectivity index (χ3n) is 5.80. The minimum absolute atomic E-state index is 0.0328. The Morgan fingerprint density at radius 2 is 1.81 bits per heavy atom. The van der Waals surface area contributed by atoms with Gasteiger partial charge in [0.25, 0.3) is 5.91 Å². The van der Waals surface area contributed by atoms with Gasteiger partial charge in [-0.3, -0.25) is 4.79 Å². The zero-order valence-corrected chi connectivity index (χ0v) is 19.0. The van der Waals surface area contributed by atoms with Crippen LogP contribution in [0.15, 0.2) is 59.1 Å². The summed E-state index contributed by atoms with van der Waals surface area (Å²) in [6, 6.07) is 16.5. The Morgan fingerprint density at radius 1 is 1.12 bits per heavy atom. The molecule has 32 heavy (non-hydrogen) atoms. The van der Waals surface area contributed by atoms with Gasteiger partial charge in [-0.15, -0.1) is 0 Å². The number of benzene rings is 2. The minimum atomic E-state index is -3.15. The molecular formula is C24H26N2O5S. The Balaban J connectivity index is 1.59. The molecule has 0 radical (unpaired) electrons. The predicted molar refractivity (Wildman–Crippen MR) is 121 cm³/mol. The number of carbonyl (C=O) groups excluding carboxylic acids is 1. The average molecular weight is 455 g/mol. The summed E-state index contributed by atoms with van der Waals surface area (Å²) in [6.07, 6.45) is 1.35. The second-order valence-electron chi connectivity index (χ2n) is 7.96. The van der Waals surface area contributed by atoms with Gasteiger partial charge in [-0.05, 0) is 48.2 Å². The number of carbonyl (C=O) groups is 1. The van der Waals surface area contributed by atoms with Gasteiger partial charge in [-0.1, -0.05) is 36.3 Å². The van der Waals surface area contributed by atoms with E-state index < -0.39 is 9.84 Å². The van der Waals surface area contributed by atoms with Crippen molar-refractivity contribution in [2.75, 3.05) is 18.6 Å². The summed E-state index contributed by atoms with van der Waals surface area (Å²) < 4.78 is 34.8. The van der Waals surface area contributed by atoms with Gasteiger partial charge in [0.15, 0.2) is 21.3 Å². The molecule has 1 fully saturated rings. The van der Waals surface area contributed by atoms with E-state index in [9.17, 15) is 13.2 Å². The summed E-state index contributed by atoms with van der Waals surface area (Å²) >= 11 is 0. The summed E-state index contributed by atoms with van der Waals surface area (Å²) in [5.74, 6) is 0.894. The van der Waals surface area contributed by atoms with Gasteiger partial charge in [0, 0.05) is 24.2 Å². The lowest BCUT2D eigenvalue weighted by atomic mass is 10.1. The van der Waals surface area contributed by atoms with Gasteiger partial charge in [0.05, 0.1) is 18.6 Å². The minimum Gasteiger partial charge on any atom is -0.497 e. The molecule has 0 unspecified atom stereocenters. The number of hydrogen-bond donors (Lipinski definition) is 0. The Labute approximate surface area is 187 Å². The number of aryl methyl sites for hydroxylation is 1. The maximum absolute atomic E-state index is 13.4. The third-order valence-corrected chi connectivity index (χ3v) is 7.55. The zero-order valence-electron chi connectivity index (χ0n) is 18.2. The number of ether oxygens (including phenoxy) is 1. The van der Waals surface area contributed by atoms with Crippen molar-refractivity contribution in [2.24, 2.45) is 0 Å². The van der Waals surface area contributed by atoms with Gasteiger partial charge in [0.1, 0.15) is 5.75 Å². The van der Waals surface area contributed by atoms with Crippen molar-refractivity contribution in [1.82, 2.24) is 10.1 Å². The smallest absolute Gasteiger partial charge is 0.276 e. The second kappa shape index (κ2) is 9.16. The van der Waals surface area contributed by atoms with Crippen molar-refractivity contribution in [2.45, 2.75) is 32.4 Å². The molecule has 3 aromatic rings. The van der Waals surface area contributed by atoms with E-state index in [0.717, 1.165) is 17.5 Å². The number of sulfone groups is 1. The number of hydrogen-bond acceptors (Lipinski definition) is 6. The molecule has 1 aliphatic heterocycles. The molecule has 1 atom stereocenters. The molecule has 1 aromatic heterocycles. The summed E-state index contributed by atoms with van der Waals surface area (Å²) in [4.78, 5) is 15.0. The highest BCUT2D eigenvalue weighted by molar-refractivity contribution is 7.91. The highest BCUT2D eigenvalue weighted by Gasteiger charge is 2.36. The van der Waals surface area contributed by atoms with Crippen LogP contribution in [0.1, 0.15) is 35.0 Å². The van der Waals surface area contributed by atoms with Crippen LogP contribution in [-0.2, 0) is 22.8 Å². The maximum Gasteiger partial charge on any atom is 0.276 e. The molecule has 0 bridgehead atoms. The number of amides is 1. The third kappa shape index (κ3) is 4.85. The Kier molecular flexibility index (Phi) is 6.32. The maximum atomic E-state index is 13.4. The van der Waals surface area contributed by atoms with Crippen LogP contribution in [0.25, 0.3) is 11.3 Å². The molecule has 168 valence electrons. The molecule has 0 saturated carbocycles. The Bertz CT molecular complexity index is 1180. The lowest BCUT2D eigenvalue weighted by Gasteiger charge is -2.27. The molecule has 1 aliphatic rings. The normalized spacial score (nSPS) is 17.2. The second-order valence-corrected chi connectivity index (χ2v) is 10.2. The predicted octanol–water partition coefficient (Wildman–Crippen LogP) is 3.74. The summed E-state index contributed by atoms with van der Waals surface area (Å²) in [5.41, 5.74) is 3.07. The van der Waals surface area contributed by atoms with Crippen LogP contribution in [-0.4, -0.2) is 49.0 Å². The van der Waals surface area contributed by atoms with Crippen molar-refractivity contribution in [3.05, 3.63) is 71.4 Å². The quantitative estimate of drug-likeness (QED) is 0.540. The van der Waals surface area contributed by atoms with E-state index in [-0.39, 0.29) is 29.1 Å². The lowest BCUT2D eigenvalue weighted by Crippen LogP contribution is -2.40. The first-order valence-electron chi connectivity index (χ1n) is 10.6. The molecule has 0 aliphatic carbocycles. The topological polar surface area (TPSA) is 89.7 Å². The fourth-order valence-corrected chi connectivity index (χ4v) is 5.61. The highest BCUT2D eigenvalue weighted by Crippen LogP contribution is 2.26. The zero-order chi connectivity index (χ0) is 22.7. The molecule has 7 nitrogen and oxygen atoms in total. The van der Waals surface area contributed by atoms with Gasteiger partial charge in [-0.2, -0.15) is 0 Å². The Morgan fingerprint density at radius 3 is 2.41 bits per heavy atom. The number of aromatic nitrogens is 1. The van der Waals surface area contributed by atoms with E-state index in [0.29, 0.717) is 24.5 Å². The molecule has 2 heterocycles.